The van der Waals surface area contributed by atoms with Gasteiger partial charge in [-0.3, -0.25) is 5.10 Å². The quantitative estimate of drug-likeness (QED) is 0.670. The Balaban J connectivity index is 0.000000561. The van der Waals surface area contributed by atoms with E-state index < -0.39 is 5.60 Å². The second-order valence-corrected chi connectivity index (χ2v) is 2.80. The molecule has 0 saturated heterocycles. The number of aromatic amines is 1. The van der Waals surface area contributed by atoms with Crippen molar-refractivity contribution in [1.29, 1.82) is 0 Å². The van der Waals surface area contributed by atoms with Gasteiger partial charge in [-0.1, -0.05) is 13.8 Å². The van der Waals surface area contributed by atoms with E-state index in [0.29, 0.717) is 5.82 Å². The van der Waals surface area contributed by atoms with Gasteiger partial charge in [-0.2, -0.15) is 5.10 Å². The van der Waals surface area contributed by atoms with Crippen molar-refractivity contribution in [1.82, 2.24) is 15.2 Å². The van der Waals surface area contributed by atoms with Crippen LogP contribution < -0.4 is 0 Å². The van der Waals surface area contributed by atoms with Crippen molar-refractivity contribution in [2.75, 3.05) is 0 Å². The fourth-order valence-corrected chi connectivity index (χ4v) is 0.616. The zero-order chi connectivity index (χ0) is 9.78. The molecule has 12 heavy (non-hydrogen) atoms. The standard InChI is InChI=1S/C6H11N3O.C2H6/c1-4-7-5(9-8-4)6(2,3)10;1-2/h10H,1-3H3,(H,7,8,9);1-2H3. The van der Waals surface area contributed by atoms with E-state index in [1.54, 1.807) is 20.8 Å². The van der Waals surface area contributed by atoms with Crippen LogP contribution in [0.3, 0.4) is 0 Å². The van der Waals surface area contributed by atoms with Crippen molar-refractivity contribution in [3.63, 3.8) is 0 Å². The predicted octanol–water partition coefficient (Wildman–Crippen LogP) is 1.37. The van der Waals surface area contributed by atoms with Gasteiger partial charge in [0.1, 0.15) is 11.4 Å². The Morgan fingerprint density at radius 2 is 1.83 bits per heavy atom. The average molecular weight is 171 g/mol. The van der Waals surface area contributed by atoms with Crippen molar-refractivity contribution in [3.05, 3.63) is 11.6 Å². The minimum absolute atomic E-state index is 0.435. The average Bonchev–Trinajstić information content (AvgIpc) is 2.39. The molecule has 0 unspecified atom stereocenters. The van der Waals surface area contributed by atoms with E-state index in [-0.39, 0.29) is 0 Å². The molecule has 0 saturated carbocycles. The summed E-state index contributed by atoms with van der Waals surface area (Å²) in [7, 11) is 0. The number of aliphatic hydroxyl groups is 1. The lowest BCUT2D eigenvalue weighted by atomic mass is 10.1. The van der Waals surface area contributed by atoms with Gasteiger partial charge in [-0.05, 0) is 20.8 Å². The Labute approximate surface area is 73.0 Å². The third-order valence-corrected chi connectivity index (χ3v) is 1.14. The minimum Gasteiger partial charge on any atom is -0.382 e. The molecule has 0 radical (unpaired) electrons. The molecule has 0 fully saturated rings. The molecule has 4 heteroatoms. The predicted molar refractivity (Wildman–Crippen MR) is 47.7 cm³/mol. The maximum Gasteiger partial charge on any atom is 0.181 e. The number of hydrogen-bond donors (Lipinski definition) is 2. The highest BCUT2D eigenvalue weighted by atomic mass is 16.3. The zero-order valence-corrected chi connectivity index (χ0v) is 8.34. The molecular weight excluding hydrogens is 154 g/mol. The number of aryl methyl sites for hydroxylation is 1. The summed E-state index contributed by atoms with van der Waals surface area (Å²) in [5.74, 6) is 1.15. The molecular formula is C8H17N3O. The molecule has 2 N–H and O–H groups in total. The first-order valence-corrected chi connectivity index (χ1v) is 4.12. The van der Waals surface area contributed by atoms with Crippen molar-refractivity contribution in [2.24, 2.45) is 0 Å². The summed E-state index contributed by atoms with van der Waals surface area (Å²) < 4.78 is 0. The number of aromatic nitrogens is 3. The third-order valence-electron chi connectivity index (χ3n) is 1.14. The normalized spacial score (nSPS) is 10.5. The van der Waals surface area contributed by atoms with Gasteiger partial charge in [-0.15, -0.1) is 0 Å². The summed E-state index contributed by atoms with van der Waals surface area (Å²) in [6.07, 6.45) is 0. The number of nitrogens with one attached hydrogen (secondary N) is 1. The fourth-order valence-electron chi connectivity index (χ4n) is 0.616. The minimum atomic E-state index is -0.940. The molecule has 1 aromatic heterocycles. The highest BCUT2D eigenvalue weighted by Crippen LogP contribution is 2.13. The second kappa shape index (κ2) is 4.21. The number of H-pyrrole nitrogens is 1. The molecule has 0 atom stereocenters. The SMILES string of the molecule is CC.Cc1nc(C(C)(C)O)n[nH]1. The molecule has 0 aliphatic carbocycles. The maximum absolute atomic E-state index is 9.36. The molecule has 1 aromatic rings. The summed E-state index contributed by atoms with van der Waals surface area (Å²) in [4.78, 5) is 3.97. The summed E-state index contributed by atoms with van der Waals surface area (Å²) in [6, 6.07) is 0. The van der Waals surface area contributed by atoms with E-state index in [1.165, 1.54) is 0 Å². The van der Waals surface area contributed by atoms with Gasteiger partial charge in [0, 0.05) is 0 Å². The van der Waals surface area contributed by atoms with Gasteiger partial charge in [0.2, 0.25) is 0 Å². The van der Waals surface area contributed by atoms with Crippen molar-refractivity contribution in [2.45, 2.75) is 40.2 Å². The lowest BCUT2D eigenvalue weighted by Crippen LogP contribution is -2.17. The van der Waals surface area contributed by atoms with Crippen molar-refractivity contribution < 1.29 is 5.11 Å². The molecule has 1 heterocycles. The summed E-state index contributed by atoms with van der Waals surface area (Å²) >= 11 is 0. The molecule has 0 aromatic carbocycles. The number of nitrogens with zero attached hydrogens (tertiary/aromatic N) is 2. The summed E-state index contributed by atoms with van der Waals surface area (Å²) in [5, 5.41) is 15.8. The highest BCUT2D eigenvalue weighted by molar-refractivity contribution is 4.96. The Kier molecular flexibility index (Phi) is 3.89. The number of hydrogen-bond acceptors (Lipinski definition) is 3. The van der Waals surface area contributed by atoms with Crippen molar-refractivity contribution in [3.8, 4) is 0 Å². The highest BCUT2D eigenvalue weighted by Gasteiger charge is 2.20. The third kappa shape index (κ3) is 3.00. The lowest BCUT2D eigenvalue weighted by molar-refractivity contribution is 0.0691. The summed E-state index contributed by atoms with van der Waals surface area (Å²) in [5.41, 5.74) is -0.940. The van der Waals surface area contributed by atoms with Crippen LogP contribution in [0.15, 0.2) is 0 Å². The molecule has 0 amide bonds. The van der Waals surface area contributed by atoms with E-state index in [0.717, 1.165) is 5.82 Å². The van der Waals surface area contributed by atoms with Crippen LogP contribution in [-0.4, -0.2) is 20.3 Å². The summed E-state index contributed by atoms with van der Waals surface area (Å²) in [6.45, 7) is 9.09. The van der Waals surface area contributed by atoms with Crippen LogP contribution in [0, 0.1) is 6.92 Å². The molecule has 1 rings (SSSR count). The van der Waals surface area contributed by atoms with Crippen LogP contribution in [0.25, 0.3) is 0 Å². The van der Waals surface area contributed by atoms with E-state index >= 15 is 0 Å². The van der Waals surface area contributed by atoms with Crippen LogP contribution in [0.2, 0.25) is 0 Å². The van der Waals surface area contributed by atoms with Crippen LogP contribution in [-0.2, 0) is 5.60 Å². The zero-order valence-electron chi connectivity index (χ0n) is 8.34. The smallest absolute Gasteiger partial charge is 0.181 e. The maximum atomic E-state index is 9.36. The van der Waals surface area contributed by atoms with Crippen molar-refractivity contribution >= 4 is 0 Å². The van der Waals surface area contributed by atoms with E-state index in [9.17, 15) is 5.11 Å². The largest absolute Gasteiger partial charge is 0.382 e. The Bertz CT molecular complexity index is 224. The first kappa shape index (κ1) is 11.1. The van der Waals surface area contributed by atoms with Gasteiger partial charge in [-0.25, -0.2) is 4.98 Å². The molecule has 0 aliphatic heterocycles. The Hall–Kier alpha value is -0.900. The molecule has 0 spiro atoms. The fraction of sp³-hybridized carbons (Fsp3) is 0.750. The lowest BCUT2D eigenvalue weighted by Gasteiger charge is -2.10. The monoisotopic (exact) mass is 171 g/mol. The van der Waals surface area contributed by atoms with Crippen LogP contribution in [0.4, 0.5) is 0 Å². The van der Waals surface area contributed by atoms with E-state index in [1.807, 2.05) is 13.8 Å². The van der Waals surface area contributed by atoms with Crippen LogP contribution in [0.1, 0.15) is 39.3 Å². The van der Waals surface area contributed by atoms with Gasteiger partial charge >= 0.3 is 0 Å². The molecule has 70 valence electrons. The van der Waals surface area contributed by atoms with Gasteiger partial charge < -0.3 is 5.11 Å². The van der Waals surface area contributed by atoms with Crippen LogP contribution in [0.5, 0.6) is 0 Å². The first-order chi connectivity index (χ1) is 5.50. The van der Waals surface area contributed by atoms with Gasteiger partial charge in [0.05, 0.1) is 0 Å². The Morgan fingerprint density at radius 3 is 2.00 bits per heavy atom. The van der Waals surface area contributed by atoms with Gasteiger partial charge in [0.15, 0.2) is 5.82 Å². The Morgan fingerprint density at radius 1 is 1.33 bits per heavy atom. The number of rotatable bonds is 1. The van der Waals surface area contributed by atoms with E-state index in [4.69, 9.17) is 0 Å². The first-order valence-electron chi connectivity index (χ1n) is 4.12. The molecule has 0 bridgehead atoms. The van der Waals surface area contributed by atoms with Gasteiger partial charge in [0.25, 0.3) is 0 Å². The topological polar surface area (TPSA) is 61.8 Å². The van der Waals surface area contributed by atoms with E-state index in [2.05, 4.69) is 15.2 Å². The second-order valence-electron chi connectivity index (χ2n) is 2.80. The molecule has 4 nitrogen and oxygen atoms in total. The molecule has 0 aliphatic rings. The van der Waals surface area contributed by atoms with Crippen LogP contribution >= 0.6 is 0 Å².